The van der Waals surface area contributed by atoms with Gasteiger partial charge in [0.05, 0.1) is 12.1 Å². The molecule has 198 valence electrons. The van der Waals surface area contributed by atoms with E-state index in [0.29, 0.717) is 0 Å². The molecule has 1 rings (SSSR count). The number of aliphatic hydroxyl groups excluding tert-OH is 1. The van der Waals surface area contributed by atoms with E-state index in [9.17, 15) is 33.9 Å². The van der Waals surface area contributed by atoms with Crippen LogP contribution in [-0.2, 0) is 28.8 Å². The van der Waals surface area contributed by atoms with E-state index < -0.39 is 83.7 Å². The fraction of sp³-hybridized carbons (Fsp3) is 0.727. The highest BCUT2D eigenvalue weighted by molar-refractivity contribution is 5.96. The monoisotopic (exact) mass is 498 g/mol. The van der Waals surface area contributed by atoms with Crippen molar-refractivity contribution in [3.8, 4) is 0 Å². The number of amides is 6. The smallest absolute Gasteiger partial charge is 0.242 e. The molecule has 1 heterocycles. The van der Waals surface area contributed by atoms with Gasteiger partial charge in [-0.2, -0.15) is 0 Å². The van der Waals surface area contributed by atoms with Gasteiger partial charge in [-0.3, -0.25) is 28.8 Å². The SMILES string of the molecule is CC1CC(O)C(C)NC(=O)C(C)NC(=O)C(C)NC(=O)C(C)NC(=O)C(C)NC(=O)C(C)NC1=O. The first-order valence-electron chi connectivity index (χ1n) is 11.6. The van der Waals surface area contributed by atoms with Crippen LogP contribution in [0, 0.1) is 5.92 Å². The minimum Gasteiger partial charge on any atom is -0.391 e. The van der Waals surface area contributed by atoms with Gasteiger partial charge in [0, 0.05) is 5.92 Å². The first kappa shape index (κ1) is 29.8. The van der Waals surface area contributed by atoms with Crippen molar-refractivity contribution < 1.29 is 33.9 Å². The Morgan fingerprint density at radius 1 is 0.486 bits per heavy atom. The van der Waals surface area contributed by atoms with Crippen LogP contribution < -0.4 is 31.9 Å². The maximum absolute atomic E-state index is 12.5. The molecule has 6 amide bonds. The Kier molecular flexibility index (Phi) is 11.1. The number of nitrogens with one attached hydrogen (secondary N) is 6. The highest BCUT2D eigenvalue weighted by Crippen LogP contribution is 2.10. The molecule has 1 aliphatic heterocycles. The molecular formula is C22H38N6O7. The van der Waals surface area contributed by atoms with Crippen molar-refractivity contribution in [1.29, 1.82) is 0 Å². The largest absolute Gasteiger partial charge is 0.391 e. The number of hydrogen-bond acceptors (Lipinski definition) is 7. The van der Waals surface area contributed by atoms with Gasteiger partial charge in [0.25, 0.3) is 0 Å². The predicted octanol–water partition coefficient (Wildman–Crippen LogP) is -2.58. The van der Waals surface area contributed by atoms with E-state index in [0.717, 1.165) is 0 Å². The Morgan fingerprint density at radius 3 is 1.06 bits per heavy atom. The van der Waals surface area contributed by atoms with Crippen molar-refractivity contribution in [2.24, 2.45) is 5.92 Å². The van der Waals surface area contributed by atoms with Gasteiger partial charge >= 0.3 is 0 Å². The maximum atomic E-state index is 12.5. The predicted molar refractivity (Wildman–Crippen MR) is 125 cm³/mol. The molecular weight excluding hydrogens is 460 g/mol. The van der Waals surface area contributed by atoms with Crippen LogP contribution in [0.2, 0.25) is 0 Å². The summed E-state index contributed by atoms with van der Waals surface area (Å²) in [5.74, 6) is -4.27. The summed E-state index contributed by atoms with van der Waals surface area (Å²) in [5.41, 5.74) is 0. The van der Waals surface area contributed by atoms with Gasteiger partial charge in [-0.25, -0.2) is 0 Å². The van der Waals surface area contributed by atoms with Gasteiger partial charge in [-0.15, -0.1) is 0 Å². The summed E-state index contributed by atoms with van der Waals surface area (Å²) in [7, 11) is 0. The third-order valence-corrected chi connectivity index (χ3v) is 5.75. The fourth-order valence-electron chi connectivity index (χ4n) is 3.16. The van der Waals surface area contributed by atoms with Crippen LogP contribution in [0.3, 0.4) is 0 Å². The molecule has 1 aliphatic rings. The van der Waals surface area contributed by atoms with Crippen LogP contribution in [0.4, 0.5) is 0 Å². The van der Waals surface area contributed by atoms with E-state index in [2.05, 4.69) is 31.9 Å². The molecule has 7 N–H and O–H groups in total. The Morgan fingerprint density at radius 2 is 0.743 bits per heavy atom. The fourth-order valence-corrected chi connectivity index (χ4v) is 3.16. The molecule has 8 unspecified atom stereocenters. The minimum atomic E-state index is -1.08. The van der Waals surface area contributed by atoms with Crippen molar-refractivity contribution in [2.75, 3.05) is 0 Å². The average Bonchev–Trinajstić information content (AvgIpc) is 2.77. The van der Waals surface area contributed by atoms with Gasteiger partial charge in [0.1, 0.15) is 30.2 Å². The maximum Gasteiger partial charge on any atom is 0.242 e. The summed E-state index contributed by atoms with van der Waals surface area (Å²) in [6.07, 6.45) is -1.08. The number of carbonyl (C=O) groups excluding carboxylic acids is 6. The van der Waals surface area contributed by atoms with Gasteiger partial charge in [0.15, 0.2) is 0 Å². The van der Waals surface area contributed by atoms with Gasteiger partial charge in [-0.1, -0.05) is 6.92 Å². The lowest BCUT2D eigenvalue weighted by atomic mass is 9.98. The second kappa shape index (κ2) is 13.0. The number of rotatable bonds is 0. The molecule has 0 saturated carbocycles. The van der Waals surface area contributed by atoms with Crippen LogP contribution in [0.5, 0.6) is 0 Å². The third-order valence-electron chi connectivity index (χ3n) is 5.75. The van der Waals surface area contributed by atoms with Crippen molar-refractivity contribution in [1.82, 2.24) is 31.9 Å². The van der Waals surface area contributed by atoms with E-state index in [1.54, 1.807) is 13.8 Å². The van der Waals surface area contributed by atoms with Crippen LogP contribution in [-0.4, -0.2) is 82.9 Å². The van der Waals surface area contributed by atoms with Crippen LogP contribution in [0.1, 0.15) is 54.9 Å². The summed E-state index contributed by atoms with van der Waals surface area (Å²) >= 11 is 0. The van der Waals surface area contributed by atoms with Crippen LogP contribution in [0.25, 0.3) is 0 Å². The molecule has 1 saturated heterocycles. The number of hydrogen-bond donors (Lipinski definition) is 7. The lowest BCUT2D eigenvalue weighted by Crippen LogP contribution is -2.57. The minimum absolute atomic E-state index is 0.00211. The third kappa shape index (κ3) is 9.15. The standard InChI is InChI=1S/C22H38N6O7/c1-9-8-16(29)10(2)23-18(31)12(4)25-20(33)14(6)27-22(35)15(7)28-21(34)13(5)26-19(32)11(3)24-17(9)30/h9-16,29H,8H2,1-7H3,(H,23,31)(H,24,30)(H,25,33)(H,26,32)(H,27,35)(H,28,34). The molecule has 0 spiro atoms. The average molecular weight is 499 g/mol. The molecule has 0 aromatic heterocycles. The summed E-state index contributed by atoms with van der Waals surface area (Å²) in [4.78, 5) is 74.6. The van der Waals surface area contributed by atoms with E-state index in [-0.39, 0.29) is 6.42 Å². The van der Waals surface area contributed by atoms with Crippen molar-refractivity contribution in [2.45, 2.75) is 97.2 Å². The zero-order valence-electron chi connectivity index (χ0n) is 21.2. The van der Waals surface area contributed by atoms with Gasteiger partial charge in [-0.05, 0) is 48.0 Å². The summed E-state index contributed by atoms with van der Waals surface area (Å²) in [5, 5.41) is 25.4. The molecule has 0 aliphatic carbocycles. The normalized spacial score (nSPS) is 35.3. The van der Waals surface area contributed by atoms with E-state index >= 15 is 0 Å². The molecule has 0 aromatic carbocycles. The zero-order valence-corrected chi connectivity index (χ0v) is 21.2. The molecule has 8 atom stereocenters. The highest BCUT2D eigenvalue weighted by atomic mass is 16.3. The second-order valence-corrected chi connectivity index (χ2v) is 9.15. The summed E-state index contributed by atoms with van der Waals surface area (Å²) in [6, 6.07) is -5.71. The van der Waals surface area contributed by atoms with Crippen LogP contribution >= 0.6 is 0 Å². The lowest BCUT2D eigenvalue weighted by molar-refractivity contribution is -0.134. The van der Waals surface area contributed by atoms with E-state index in [4.69, 9.17) is 0 Å². The highest BCUT2D eigenvalue weighted by Gasteiger charge is 2.29. The Labute approximate surface area is 204 Å². The number of aliphatic hydroxyl groups is 1. The molecule has 13 nitrogen and oxygen atoms in total. The van der Waals surface area contributed by atoms with Gasteiger partial charge < -0.3 is 37.0 Å². The second-order valence-electron chi connectivity index (χ2n) is 9.15. The zero-order chi connectivity index (χ0) is 27.0. The lowest BCUT2D eigenvalue weighted by Gasteiger charge is -2.25. The van der Waals surface area contributed by atoms with Crippen molar-refractivity contribution >= 4 is 35.4 Å². The Hall–Kier alpha value is -3.22. The first-order chi connectivity index (χ1) is 16.1. The summed E-state index contributed by atoms with van der Waals surface area (Å²) < 4.78 is 0. The van der Waals surface area contributed by atoms with E-state index in [1.807, 2.05) is 0 Å². The number of carbonyl (C=O) groups is 6. The molecule has 0 bridgehead atoms. The van der Waals surface area contributed by atoms with Gasteiger partial charge in [0.2, 0.25) is 35.4 Å². The Balaban J connectivity index is 3.08. The quantitative estimate of drug-likeness (QED) is 0.190. The van der Waals surface area contributed by atoms with Crippen molar-refractivity contribution in [3.63, 3.8) is 0 Å². The topological polar surface area (TPSA) is 195 Å². The van der Waals surface area contributed by atoms with Crippen molar-refractivity contribution in [3.05, 3.63) is 0 Å². The molecule has 0 radical (unpaired) electrons. The molecule has 1 fully saturated rings. The first-order valence-corrected chi connectivity index (χ1v) is 11.6. The molecule has 13 heteroatoms. The Bertz CT molecular complexity index is 829. The van der Waals surface area contributed by atoms with Crippen LogP contribution in [0.15, 0.2) is 0 Å². The molecule has 35 heavy (non-hydrogen) atoms. The summed E-state index contributed by atoms with van der Waals surface area (Å²) in [6.45, 7) is 10.3. The van der Waals surface area contributed by atoms with E-state index in [1.165, 1.54) is 34.6 Å². The molecule has 0 aromatic rings.